The Morgan fingerprint density at radius 1 is 1.22 bits per heavy atom. The monoisotopic (exact) mass is 288 g/mol. The lowest BCUT2D eigenvalue weighted by molar-refractivity contribution is 0.332. The number of benzene rings is 1. The van der Waals surface area contributed by atoms with Gasteiger partial charge < -0.3 is 5.32 Å². The molecule has 0 aliphatic carbocycles. The summed E-state index contributed by atoms with van der Waals surface area (Å²) in [4.78, 5) is 0. The van der Waals surface area contributed by atoms with Crippen LogP contribution >= 0.6 is 11.6 Å². The van der Waals surface area contributed by atoms with E-state index in [-0.39, 0.29) is 0 Å². The zero-order valence-electron chi connectivity index (χ0n) is 10.3. The number of hydrogen-bond donors (Lipinski definition) is 1. The van der Waals surface area contributed by atoms with Crippen molar-refractivity contribution in [1.29, 1.82) is 0 Å². The van der Waals surface area contributed by atoms with Gasteiger partial charge in [0.05, 0.1) is 6.26 Å². The van der Waals surface area contributed by atoms with Crippen molar-refractivity contribution in [2.45, 2.75) is 18.9 Å². The summed E-state index contributed by atoms with van der Waals surface area (Å²) in [5.74, 6) is 0. The molecule has 4 nitrogen and oxygen atoms in total. The number of halogens is 1. The Bertz CT molecular complexity index is 493. The molecule has 0 spiro atoms. The summed E-state index contributed by atoms with van der Waals surface area (Å²) in [6.45, 7) is 1.17. The minimum absolute atomic E-state index is 0.323. The molecule has 1 N–H and O–H groups in total. The molecule has 0 aromatic heterocycles. The molecule has 0 radical (unpaired) electrons. The van der Waals surface area contributed by atoms with Crippen molar-refractivity contribution in [3.63, 3.8) is 0 Å². The molecule has 1 aromatic rings. The fourth-order valence-electron chi connectivity index (χ4n) is 2.11. The van der Waals surface area contributed by atoms with E-state index in [1.165, 1.54) is 10.6 Å². The molecule has 1 heterocycles. The molecule has 0 bridgehead atoms. The molecule has 100 valence electrons. The molecule has 2 rings (SSSR count). The lowest BCUT2D eigenvalue weighted by atomic mass is 10.1. The van der Waals surface area contributed by atoms with E-state index in [4.69, 9.17) is 11.6 Å². The van der Waals surface area contributed by atoms with Crippen molar-refractivity contribution in [2.75, 3.05) is 24.7 Å². The summed E-state index contributed by atoms with van der Waals surface area (Å²) >= 11 is 5.82. The van der Waals surface area contributed by atoms with E-state index in [0.29, 0.717) is 24.2 Å². The summed E-state index contributed by atoms with van der Waals surface area (Å²) in [7, 11) is -3.04. The quantitative estimate of drug-likeness (QED) is 0.927. The first-order chi connectivity index (χ1) is 8.45. The first-order valence-electron chi connectivity index (χ1n) is 5.92. The Morgan fingerprint density at radius 3 is 2.28 bits per heavy atom. The van der Waals surface area contributed by atoms with Crippen molar-refractivity contribution >= 4 is 27.3 Å². The molecule has 1 aliphatic heterocycles. The highest BCUT2D eigenvalue weighted by Crippen LogP contribution is 2.19. The Labute approximate surface area is 113 Å². The van der Waals surface area contributed by atoms with Gasteiger partial charge in [-0.05, 0) is 37.1 Å². The SMILES string of the molecule is CS(=O)(=O)N1CCC(Nc2ccc(Cl)cc2)CC1. The Morgan fingerprint density at radius 2 is 1.78 bits per heavy atom. The van der Waals surface area contributed by atoms with Crippen LogP contribution < -0.4 is 5.32 Å². The molecule has 18 heavy (non-hydrogen) atoms. The minimum Gasteiger partial charge on any atom is -0.382 e. The van der Waals surface area contributed by atoms with Gasteiger partial charge in [-0.25, -0.2) is 12.7 Å². The molecule has 6 heteroatoms. The van der Waals surface area contributed by atoms with Gasteiger partial charge in [0, 0.05) is 29.8 Å². The van der Waals surface area contributed by atoms with Crippen LogP contribution in [0.15, 0.2) is 24.3 Å². The predicted molar refractivity (Wildman–Crippen MR) is 74.5 cm³/mol. The van der Waals surface area contributed by atoms with E-state index < -0.39 is 10.0 Å². The van der Waals surface area contributed by atoms with E-state index in [2.05, 4.69) is 5.32 Å². The van der Waals surface area contributed by atoms with Crippen LogP contribution in [0, 0.1) is 0 Å². The molecule has 1 aromatic carbocycles. The fourth-order valence-corrected chi connectivity index (χ4v) is 3.11. The van der Waals surface area contributed by atoms with Crippen LogP contribution in [0.1, 0.15) is 12.8 Å². The molecule has 0 atom stereocenters. The average Bonchev–Trinajstić information content (AvgIpc) is 2.32. The Balaban J connectivity index is 1.89. The summed E-state index contributed by atoms with van der Waals surface area (Å²) in [5, 5.41) is 4.12. The van der Waals surface area contributed by atoms with E-state index in [9.17, 15) is 8.42 Å². The van der Waals surface area contributed by atoms with Crippen LogP contribution in [0.4, 0.5) is 5.69 Å². The molecule has 1 aliphatic rings. The Hall–Kier alpha value is -0.780. The fraction of sp³-hybridized carbons (Fsp3) is 0.500. The topological polar surface area (TPSA) is 49.4 Å². The molecular formula is C12H17ClN2O2S. The van der Waals surface area contributed by atoms with Crippen LogP contribution in [0.25, 0.3) is 0 Å². The molecule has 0 saturated carbocycles. The third-order valence-electron chi connectivity index (χ3n) is 3.14. The summed E-state index contributed by atoms with van der Waals surface area (Å²) in [6.07, 6.45) is 2.92. The van der Waals surface area contributed by atoms with Crippen LogP contribution in [-0.4, -0.2) is 38.1 Å². The smallest absolute Gasteiger partial charge is 0.211 e. The zero-order chi connectivity index (χ0) is 13.2. The van der Waals surface area contributed by atoms with E-state index >= 15 is 0 Å². The van der Waals surface area contributed by atoms with Gasteiger partial charge in [0.2, 0.25) is 10.0 Å². The van der Waals surface area contributed by atoms with Crippen LogP contribution in [-0.2, 0) is 10.0 Å². The number of piperidine rings is 1. The van der Waals surface area contributed by atoms with Crippen molar-refractivity contribution in [3.05, 3.63) is 29.3 Å². The lowest BCUT2D eigenvalue weighted by Crippen LogP contribution is -2.41. The van der Waals surface area contributed by atoms with Crippen LogP contribution in [0.5, 0.6) is 0 Å². The third kappa shape index (κ3) is 3.60. The maximum atomic E-state index is 11.4. The van der Waals surface area contributed by atoms with Crippen molar-refractivity contribution < 1.29 is 8.42 Å². The van der Waals surface area contributed by atoms with E-state index in [1.54, 1.807) is 0 Å². The first kappa shape index (κ1) is 13.6. The number of nitrogens with one attached hydrogen (secondary N) is 1. The van der Waals surface area contributed by atoms with Crippen LogP contribution in [0.3, 0.4) is 0 Å². The van der Waals surface area contributed by atoms with Gasteiger partial charge in [0.25, 0.3) is 0 Å². The minimum atomic E-state index is -3.04. The summed E-state index contributed by atoms with van der Waals surface area (Å²) in [6, 6.07) is 7.88. The number of sulfonamides is 1. The molecule has 1 saturated heterocycles. The molecule has 0 unspecified atom stereocenters. The predicted octanol–water partition coefficient (Wildman–Crippen LogP) is 2.18. The number of rotatable bonds is 3. The maximum absolute atomic E-state index is 11.4. The number of anilines is 1. The van der Waals surface area contributed by atoms with Gasteiger partial charge >= 0.3 is 0 Å². The zero-order valence-corrected chi connectivity index (χ0v) is 11.8. The summed E-state index contributed by atoms with van der Waals surface area (Å²) < 4.78 is 24.3. The Kier molecular flexibility index (Phi) is 4.14. The average molecular weight is 289 g/mol. The molecule has 1 fully saturated rings. The molecular weight excluding hydrogens is 272 g/mol. The largest absolute Gasteiger partial charge is 0.382 e. The second-order valence-corrected chi connectivity index (χ2v) is 7.01. The highest BCUT2D eigenvalue weighted by Gasteiger charge is 2.24. The summed E-state index contributed by atoms with van der Waals surface area (Å²) in [5.41, 5.74) is 1.03. The van der Waals surface area contributed by atoms with Gasteiger partial charge in [-0.2, -0.15) is 0 Å². The third-order valence-corrected chi connectivity index (χ3v) is 4.69. The lowest BCUT2D eigenvalue weighted by Gasteiger charge is -2.31. The van der Waals surface area contributed by atoms with Crippen molar-refractivity contribution in [2.24, 2.45) is 0 Å². The van der Waals surface area contributed by atoms with Crippen molar-refractivity contribution in [1.82, 2.24) is 4.31 Å². The second kappa shape index (κ2) is 5.47. The van der Waals surface area contributed by atoms with Gasteiger partial charge in [-0.3, -0.25) is 0 Å². The van der Waals surface area contributed by atoms with Gasteiger partial charge in [-0.1, -0.05) is 11.6 Å². The van der Waals surface area contributed by atoms with Crippen molar-refractivity contribution in [3.8, 4) is 0 Å². The van der Waals surface area contributed by atoms with Crippen LogP contribution in [0.2, 0.25) is 5.02 Å². The maximum Gasteiger partial charge on any atom is 0.211 e. The van der Waals surface area contributed by atoms with E-state index in [1.807, 2.05) is 24.3 Å². The number of hydrogen-bond acceptors (Lipinski definition) is 3. The number of nitrogens with zero attached hydrogens (tertiary/aromatic N) is 1. The second-order valence-electron chi connectivity index (χ2n) is 4.59. The normalized spacial score (nSPS) is 18.8. The van der Waals surface area contributed by atoms with E-state index in [0.717, 1.165) is 18.5 Å². The van der Waals surface area contributed by atoms with Gasteiger partial charge in [-0.15, -0.1) is 0 Å². The molecule has 0 amide bonds. The first-order valence-corrected chi connectivity index (χ1v) is 8.15. The van der Waals surface area contributed by atoms with Gasteiger partial charge in [0.1, 0.15) is 0 Å². The highest BCUT2D eigenvalue weighted by molar-refractivity contribution is 7.88. The standard InChI is InChI=1S/C12H17ClN2O2S/c1-18(16,17)15-8-6-12(7-9-15)14-11-4-2-10(13)3-5-11/h2-5,12,14H,6-9H2,1H3. The van der Waals surface area contributed by atoms with Gasteiger partial charge in [0.15, 0.2) is 0 Å². The highest BCUT2D eigenvalue weighted by atomic mass is 35.5.